The fourth-order valence-corrected chi connectivity index (χ4v) is 3.66. The first-order valence-electron chi connectivity index (χ1n) is 9.45. The van der Waals surface area contributed by atoms with Crippen molar-refractivity contribution in [3.05, 3.63) is 35.7 Å². The highest BCUT2D eigenvalue weighted by Gasteiger charge is 2.30. The third-order valence-corrected chi connectivity index (χ3v) is 5.59. The van der Waals surface area contributed by atoms with E-state index in [4.69, 9.17) is 4.74 Å². The van der Waals surface area contributed by atoms with E-state index >= 15 is 0 Å². The predicted octanol–water partition coefficient (Wildman–Crippen LogP) is 0.778. The van der Waals surface area contributed by atoms with Crippen molar-refractivity contribution in [2.45, 2.75) is 26.8 Å². The van der Waals surface area contributed by atoms with Crippen molar-refractivity contribution < 1.29 is 14.4 Å². The first kappa shape index (κ1) is 19.2. The topological polar surface area (TPSA) is 63.8 Å². The average Bonchev–Trinajstić information content (AvgIpc) is 2.93. The Balaban J connectivity index is 1.59. The number of aryl methyl sites for hydroxylation is 2. The molecule has 1 aromatic carbocycles. The number of amides is 1. The third-order valence-electron chi connectivity index (χ3n) is 5.59. The van der Waals surface area contributed by atoms with Gasteiger partial charge < -0.3 is 19.9 Å². The van der Waals surface area contributed by atoms with Gasteiger partial charge in [-0.25, -0.2) is 0 Å². The fourth-order valence-electron chi connectivity index (χ4n) is 3.66. The molecule has 7 heteroatoms. The second kappa shape index (κ2) is 8.00. The average molecular weight is 372 g/mol. The molecule has 3 rings (SSSR count). The number of hydrogen-bond acceptors (Lipinski definition) is 4. The van der Waals surface area contributed by atoms with E-state index in [0.29, 0.717) is 0 Å². The fraction of sp³-hybridized carbons (Fsp3) is 0.500. The Morgan fingerprint density at radius 2 is 2.00 bits per heavy atom. The van der Waals surface area contributed by atoms with Crippen LogP contribution in [-0.4, -0.2) is 55.0 Å². The molecule has 1 fully saturated rings. The van der Waals surface area contributed by atoms with E-state index < -0.39 is 0 Å². The second-order valence-corrected chi connectivity index (χ2v) is 7.23. The molecule has 27 heavy (non-hydrogen) atoms. The normalized spacial score (nSPS) is 16.3. The van der Waals surface area contributed by atoms with Crippen molar-refractivity contribution in [3.63, 3.8) is 0 Å². The lowest BCUT2D eigenvalue weighted by atomic mass is 10.2. The Kier molecular flexibility index (Phi) is 5.70. The number of ether oxygens (including phenoxy) is 1. The number of carbonyl (C=O) groups is 1. The van der Waals surface area contributed by atoms with Gasteiger partial charge in [0.15, 0.2) is 6.04 Å². The Bertz CT molecular complexity index is 809. The number of methoxy groups -OCH3 is 1. The Morgan fingerprint density at radius 1 is 1.30 bits per heavy atom. The SMILES string of the molecule is COc1cccc(N2CC[NH+]([C@@H](C)C(=O)Nc3c(C)nn(C)c3C)CC2)c1. The summed E-state index contributed by atoms with van der Waals surface area (Å²) in [5, 5.41) is 7.45. The molecule has 0 spiro atoms. The van der Waals surface area contributed by atoms with Crippen molar-refractivity contribution in [2.75, 3.05) is 43.5 Å². The van der Waals surface area contributed by atoms with Crippen LogP contribution in [0, 0.1) is 13.8 Å². The summed E-state index contributed by atoms with van der Waals surface area (Å²) in [7, 11) is 3.58. The first-order valence-corrected chi connectivity index (χ1v) is 9.45. The van der Waals surface area contributed by atoms with Crippen molar-refractivity contribution in [3.8, 4) is 5.75 Å². The summed E-state index contributed by atoms with van der Waals surface area (Å²) in [5.74, 6) is 0.927. The van der Waals surface area contributed by atoms with Crippen LogP contribution in [0.4, 0.5) is 11.4 Å². The van der Waals surface area contributed by atoms with Crippen LogP contribution >= 0.6 is 0 Å². The lowest BCUT2D eigenvalue weighted by molar-refractivity contribution is -0.914. The molecule has 0 saturated carbocycles. The van der Waals surface area contributed by atoms with Crippen LogP contribution in [0.1, 0.15) is 18.3 Å². The van der Waals surface area contributed by atoms with E-state index in [9.17, 15) is 4.79 Å². The van der Waals surface area contributed by atoms with E-state index in [2.05, 4.69) is 27.4 Å². The van der Waals surface area contributed by atoms with Crippen LogP contribution in [0.25, 0.3) is 0 Å². The van der Waals surface area contributed by atoms with Crippen LogP contribution in [0.3, 0.4) is 0 Å². The smallest absolute Gasteiger partial charge is 0.282 e. The molecule has 0 unspecified atom stereocenters. The highest BCUT2D eigenvalue weighted by Crippen LogP contribution is 2.21. The minimum Gasteiger partial charge on any atom is -0.497 e. The van der Waals surface area contributed by atoms with Crippen molar-refractivity contribution >= 4 is 17.3 Å². The number of aromatic nitrogens is 2. The molecule has 2 aromatic rings. The quantitative estimate of drug-likeness (QED) is 0.814. The number of benzene rings is 1. The highest BCUT2D eigenvalue weighted by atomic mass is 16.5. The molecule has 7 nitrogen and oxygen atoms in total. The number of nitrogens with one attached hydrogen (secondary N) is 2. The number of anilines is 2. The Hall–Kier alpha value is -2.54. The van der Waals surface area contributed by atoms with Crippen LogP contribution in [0.2, 0.25) is 0 Å². The molecule has 2 heterocycles. The van der Waals surface area contributed by atoms with Crippen molar-refractivity contribution in [1.29, 1.82) is 0 Å². The van der Waals surface area contributed by atoms with Crippen LogP contribution < -0.4 is 19.9 Å². The molecule has 0 bridgehead atoms. The third kappa shape index (κ3) is 4.08. The maximum absolute atomic E-state index is 12.8. The molecule has 1 amide bonds. The first-order chi connectivity index (χ1) is 12.9. The number of piperazine rings is 1. The van der Waals surface area contributed by atoms with E-state index in [0.717, 1.165) is 49.0 Å². The molecular weight excluding hydrogens is 342 g/mol. The van der Waals surface area contributed by atoms with Crippen LogP contribution in [-0.2, 0) is 11.8 Å². The van der Waals surface area contributed by atoms with Gasteiger partial charge in [0.25, 0.3) is 5.91 Å². The van der Waals surface area contributed by atoms with E-state index in [1.165, 1.54) is 10.6 Å². The molecule has 2 N–H and O–H groups in total. The maximum Gasteiger partial charge on any atom is 0.282 e. The monoisotopic (exact) mass is 372 g/mol. The highest BCUT2D eigenvalue weighted by molar-refractivity contribution is 5.94. The van der Waals surface area contributed by atoms with Gasteiger partial charge in [0.1, 0.15) is 5.75 Å². The zero-order valence-corrected chi connectivity index (χ0v) is 16.9. The van der Waals surface area contributed by atoms with E-state index in [1.54, 1.807) is 11.8 Å². The van der Waals surface area contributed by atoms with Crippen LogP contribution in [0.5, 0.6) is 5.75 Å². The number of nitrogens with zero attached hydrogens (tertiary/aromatic N) is 3. The summed E-state index contributed by atoms with van der Waals surface area (Å²) >= 11 is 0. The zero-order valence-electron chi connectivity index (χ0n) is 16.9. The van der Waals surface area contributed by atoms with Gasteiger partial charge in [-0.05, 0) is 32.9 Å². The lowest BCUT2D eigenvalue weighted by Crippen LogP contribution is -3.19. The van der Waals surface area contributed by atoms with Gasteiger partial charge in [0.05, 0.1) is 50.4 Å². The summed E-state index contributed by atoms with van der Waals surface area (Å²) < 4.78 is 7.12. The van der Waals surface area contributed by atoms with Gasteiger partial charge in [0, 0.05) is 18.8 Å². The summed E-state index contributed by atoms with van der Waals surface area (Å²) in [6.07, 6.45) is 0. The molecule has 1 aliphatic heterocycles. The van der Waals surface area contributed by atoms with Crippen molar-refractivity contribution in [1.82, 2.24) is 9.78 Å². The maximum atomic E-state index is 12.8. The number of rotatable bonds is 5. The summed E-state index contributed by atoms with van der Waals surface area (Å²) in [5.41, 5.74) is 3.84. The summed E-state index contributed by atoms with van der Waals surface area (Å²) in [4.78, 5) is 16.4. The summed E-state index contributed by atoms with van der Waals surface area (Å²) in [6.45, 7) is 9.60. The number of quaternary nitrogens is 1. The zero-order chi connectivity index (χ0) is 19.6. The number of hydrogen-bond donors (Lipinski definition) is 2. The van der Waals surface area contributed by atoms with Gasteiger partial charge in [0.2, 0.25) is 0 Å². The van der Waals surface area contributed by atoms with Crippen molar-refractivity contribution in [2.24, 2.45) is 7.05 Å². The lowest BCUT2D eigenvalue weighted by Gasteiger charge is -2.36. The van der Waals surface area contributed by atoms with Gasteiger partial charge >= 0.3 is 0 Å². The standard InChI is InChI=1S/C20H29N5O2/c1-14-19(15(2)23(4)22-14)21-20(26)16(3)24-9-11-25(12-10-24)17-7-6-8-18(13-17)27-5/h6-8,13,16H,9-12H2,1-5H3,(H,21,26)/p+1/t16-/m0/s1. The Morgan fingerprint density at radius 3 is 2.59 bits per heavy atom. The van der Waals surface area contributed by atoms with Gasteiger partial charge in [-0.15, -0.1) is 0 Å². The van der Waals surface area contributed by atoms with Gasteiger partial charge in [-0.2, -0.15) is 5.10 Å². The van der Waals surface area contributed by atoms with Gasteiger partial charge in [-0.1, -0.05) is 6.07 Å². The molecule has 0 aliphatic carbocycles. The Labute approximate surface area is 160 Å². The predicted molar refractivity (Wildman–Crippen MR) is 107 cm³/mol. The van der Waals surface area contributed by atoms with Crippen LogP contribution in [0.15, 0.2) is 24.3 Å². The molecule has 146 valence electrons. The molecule has 1 atom stereocenters. The van der Waals surface area contributed by atoms with E-state index in [-0.39, 0.29) is 11.9 Å². The molecule has 1 saturated heterocycles. The molecule has 1 aliphatic rings. The van der Waals surface area contributed by atoms with Gasteiger partial charge in [-0.3, -0.25) is 9.48 Å². The number of carbonyl (C=O) groups excluding carboxylic acids is 1. The molecule has 0 radical (unpaired) electrons. The minimum absolute atomic E-state index is 0.0547. The summed E-state index contributed by atoms with van der Waals surface area (Å²) in [6, 6.07) is 8.05. The minimum atomic E-state index is -0.100. The molecular formula is C20H30N5O2+. The largest absolute Gasteiger partial charge is 0.497 e. The van der Waals surface area contributed by atoms with E-state index in [1.807, 2.05) is 40.0 Å². The molecule has 1 aromatic heterocycles. The second-order valence-electron chi connectivity index (χ2n) is 7.23.